The summed E-state index contributed by atoms with van der Waals surface area (Å²) in [5.41, 5.74) is 1.31. The minimum Gasteiger partial charge on any atom is -0.486 e. The molecule has 1 aromatic carbocycles. The zero-order valence-electron chi connectivity index (χ0n) is 18.8. The maximum atomic E-state index is 13.9. The van der Waals surface area contributed by atoms with E-state index in [1.54, 1.807) is 0 Å². The lowest BCUT2D eigenvalue weighted by Crippen LogP contribution is -2.12. The Labute approximate surface area is 224 Å². The quantitative estimate of drug-likeness (QED) is 0.263. The number of amides is 1. The number of thiophene rings is 1. The van der Waals surface area contributed by atoms with Gasteiger partial charge in [-0.3, -0.25) is 14.5 Å². The van der Waals surface area contributed by atoms with Crippen molar-refractivity contribution in [3.8, 4) is 17.0 Å². The van der Waals surface area contributed by atoms with E-state index in [-0.39, 0.29) is 43.7 Å². The van der Waals surface area contributed by atoms with E-state index in [2.05, 4.69) is 20.0 Å². The third kappa shape index (κ3) is 7.13. The van der Waals surface area contributed by atoms with E-state index in [1.807, 2.05) is 0 Å². The van der Waals surface area contributed by atoms with Crippen LogP contribution in [0, 0.1) is 11.6 Å². The molecular formula is C23H16Cl2F2N4O4S2. The van der Waals surface area contributed by atoms with Gasteiger partial charge in [0.05, 0.1) is 29.2 Å². The van der Waals surface area contributed by atoms with Gasteiger partial charge < -0.3 is 10.1 Å². The minimum atomic E-state index is -3.56. The number of nitrogens with zero attached hydrogens (tertiary/aromatic N) is 2. The normalized spacial score (nSPS) is 11.3. The average Bonchev–Trinajstić information content (AvgIpc) is 3.18. The van der Waals surface area contributed by atoms with Crippen molar-refractivity contribution in [1.29, 1.82) is 0 Å². The Bertz CT molecular complexity index is 1600. The number of benzene rings is 1. The van der Waals surface area contributed by atoms with Gasteiger partial charge in [-0.05, 0) is 30.3 Å². The number of sulfonamides is 1. The maximum absolute atomic E-state index is 13.9. The molecule has 192 valence electrons. The van der Waals surface area contributed by atoms with Crippen LogP contribution in [-0.2, 0) is 16.6 Å². The summed E-state index contributed by atoms with van der Waals surface area (Å²) in [6.45, 7) is -0.114. The van der Waals surface area contributed by atoms with E-state index in [0.717, 1.165) is 36.1 Å². The van der Waals surface area contributed by atoms with Crippen molar-refractivity contribution >= 4 is 61.8 Å². The van der Waals surface area contributed by atoms with Crippen molar-refractivity contribution < 1.29 is 26.7 Å². The fourth-order valence-electron chi connectivity index (χ4n) is 3.20. The lowest BCUT2D eigenvalue weighted by atomic mass is 10.2. The molecule has 0 atom stereocenters. The summed E-state index contributed by atoms with van der Waals surface area (Å²) in [4.78, 5) is 20.9. The Kier molecular flexibility index (Phi) is 7.93. The molecule has 3 aromatic heterocycles. The topological polar surface area (TPSA) is 110 Å². The number of hydrogen-bond acceptors (Lipinski definition) is 7. The van der Waals surface area contributed by atoms with Crippen LogP contribution in [0.5, 0.6) is 5.75 Å². The summed E-state index contributed by atoms with van der Waals surface area (Å²) in [5, 5.41) is 2.83. The summed E-state index contributed by atoms with van der Waals surface area (Å²) in [5.74, 6) is -1.74. The lowest BCUT2D eigenvalue weighted by molar-refractivity contribution is 0.103. The Morgan fingerprint density at radius 1 is 1.03 bits per heavy atom. The molecule has 37 heavy (non-hydrogen) atoms. The van der Waals surface area contributed by atoms with Crippen LogP contribution in [-0.4, -0.2) is 30.5 Å². The number of carbonyl (C=O) groups excluding carboxylic acids is 1. The third-order valence-electron chi connectivity index (χ3n) is 4.60. The third-order valence-corrected chi connectivity index (χ3v) is 6.78. The molecule has 0 fully saturated rings. The fraction of sp³-hybridized carbons (Fsp3) is 0.0870. The summed E-state index contributed by atoms with van der Waals surface area (Å²) in [6.07, 6.45) is 4.41. The molecule has 2 N–H and O–H groups in total. The van der Waals surface area contributed by atoms with Crippen molar-refractivity contribution in [3.05, 3.63) is 86.4 Å². The largest absolute Gasteiger partial charge is 0.486 e. The van der Waals surface area contributed by atoms with Gasteiger partial charge in [-0.2, -0.15) is 0 Å². The highest BCUT2D eigenvalue weighted by molar-refractivity contribution is 7.92. The number of aromatic nitrogens is 2. The van der Waals surface area contributed by atoms with Gasteiger partial charge in [-0.25, -0.2) is 22.2 Å². The Morgan fingerprint density at radius 3 is 2.49 bits per heavy atom. The molecule has 0 radical (unpaired) electrons. The highest BCUT2D eigenvalue weighted by Gasteiger charge is 2.20. The number of rotatable bonds is 8. The first-order valence-corrected chi connectivity index (χ1v) is 13.7. The van der Waals surface area contributed by atoms with Crippen molar-refractivity contribution in [2.24, 2.45) is 0 Å². The zero-order valence-corrected chi connectivity index (χ0v) is 21.9. The van der Waals surface area contributed by atoms with Gasteiger partial charge in [-0.15, -0.1) is 11.3 Å². The predicted octanol–water partition coefficient (Wildman–Crippen LogP) is 5.99. The van der Waals surface area contributed by atoms with E-state index in [0.29, 0.717) is 11.1 Å². The van der Waals surface area contributed by atoms with Gasteiger partial charge in [0.2, 0.25) is 10.0 Å². The fourth-order valence-corrected chi connectivity index (χ4v) is 5.15. The summed E-state index contributed by atoms with van der Waals surface area (Å²) in [6, 6.07) is 8.02. The molecule has 0 aliphatic heterocycles. The number of carbonyl (C=O) groups is 1. The van der Waals surface area contributed by atoms with Crippen LogP contribution in [0.2, 0.25) is 9.36 Å². The maximum Gasteiger partial charge on any atom is 0.265 e. The second-order valence-electron chi connectivity index (χ2n) is 7.66. The van der Waals surface area contributed by atoms with Crippen molar-refractivity contribution in [1.82, 2.24) is 9.97 Å². The molecular weight excluding hydrogens is 569 g/mol. The van der Waals surface area contributed by atoms with E-state index in [1.165, 1.54) is 36.5 Å². The second-order valence-corrected chi connectivity index (χ2v) is 11.5. The van der Waals surface area contributed by atoms with Crippen LogP contribution in [0.15, 0.2) is 55.0 Å². The molecule has 1 amide bonds. The molecule has 0 saturated heterocycles. The van der Waals surface area contributed by atoms with Crippen molar-refractivity contribution in [2.75, 3.05) is 16.3 Å². The molecule has 0 saturated carbocycles. The van der Waals surface area contributed by atoms with E-state index < -0.39 is 27.6 Å². The molecule has 4 aromatic rings. The number of ether oxygens (including phenoxy) is 1. The van der Waals surface area contributed by atoms with Crippen LogP contribution in [0.25, 0.3) is 11.3 Å². The monoisotopic (exact) mass is 584 g/mol. The van der Waals surface area contributed by atoms with Gasteiger partial charge in [0, 0.05) is 34.1 Å². The van der Waals surface area contributed by atoms with Gasteiger partial charge in [0.25, 0.3) is 5.91 Å². The van der Waals surface area contributed by atoms with Gasteiger partial charge in [-0.1, -0.05) is 23.2 Å². The number of nitrogens with one attached hydrogen (secondary N) is 2. The molecule has 8 nitrogen and oxygen atoms in total. The molecule has 0 aliphatic rings. The predicted molar refractivity (Wildman–Crippen MR) is 139 cm³/mol. The Hall–Kier alpha value is -3.32. The van der Waals surface area contributed by atoms with Crippen molar-refractivity contribution in [3.63, 3.8) is 0 Å². The van der Waals surface area contributed by atoms with Crippen LogP contribution >= 0.6 is 34.5 Å². The molecule has 3 heterocycles. The summed E-state index contributed by atoms with van der Waals surface area (Å²) in [7, 11) is -3.56. The van der Waals surface area contributed by atoms with Crippen LogP contribution in [0.1, 0.15) is 15.2 Å². The van der Waals surface area contributed by atoms with Crippen LogP contribution in [0.4, 0.5) is 20.2 Å². The first-order chi connectivity index (χ1) is 17.5. The van der Waals surface area contributed by atoms with Gasteiger partial charge in [0.15, 0.2) is 0 Å². The molecule has 4 rings (SSSR count). The molecule has 0 unspecified atom stereocenters. The first-order valence-electron chi connectivity index (χ1n) is 10.2. The lowest BCUT2D eigenvalue weighted by Gasteiger charge is -2.10. The van der Waals surface area contributed by atoms with Crippen molar-refractivity contribution in [2.45, 2.75) is 6.61 Å². The number of halogens is 4. The smallest absolute Gasteiger partial charge is 0.265 e. The molecule has 14 heteroatoms. The van der Waals surface area contributed by atoms with Crippen LogP contribution in [0.3, 0.4) is 0 Å². The average molecular weight is 585 g/mol. The highest BCUT2D eigenvalue weighted by atomic mass is 35.5. The summed E-state index contributed by atoms with van der Waals surface area (Å²) < 4.78 is 58.5. The number of anilines is 2. The Balaban J connectivity index is 1.58. The van der Waals surface area contributed by atoms with E-state index in [4.69, 9.17) is 27.9 Å². The zero-order chi connectivity index (χ0) is 26.7. The molecule has 0 bridgehead atoms. The first kappa shape index (κ1) is 26.7. The molecule has 0 spiro atoms. The standard InChI is InChI=1S/C23H16Cl2F2N4O4S2/c1-37(33,34)31-17-4-13(24)3-16(6-17)30-23(32)20-7-18(22(25)36-20)21-19(5-15(27)10-29-21)35-11-12-2-14(26)9-28-8-12/h2-10,31H,11H2,1H3,(H,30,32). The number of pyridine rings is 2. The van der Waals surface area contributed by atoms with Gasteiger partial charge in [0.1, 0.15) is 34.0 Å². The second kappa shape index (κ2) is 11.0. The molecule has 0 aliphatic carbocycles. The van der Waals surface area contributed by atoms with Gasteiger partial charge >= 0.3 is 0 Å². The van der Waals surface area contributed by atoms with Crippen LogP contribution < -0.4 is 14.8 Å². The minimum absolute atomic E-state index is 0.0299. The summed E-state index contributed by atoms with van der Waals surface area (Å²) >= 11 is 13.4. The number of hydrogen-bond donors (Lipinski definition) is 2. The SMILES string of the molecule is CS(=O)(=O)Nc1cc(Cl)cc(NC(=O)c2cc(-c3ncc(F)cc3OCc3cncc(F)c3)c(Cl)s2)c1. The van der Waals surface area contributed by atoms with E-state index in [9.17, 15) is 22.0 Å². The highest BCUT2D eigenvalue weighted by Crippen LogP contribution is 2.39. The van der Waals surface area contributed by atoms with E-state index >= 15 is 0 Å². The Morgan fingerprint density at radius 2 is 1.76 bits per heavy atom.